The fraction of sp³-hybridized carbons (Fsp3) is 0.300. The normalized spacial score (nSPS) is 13.8. The molecule has 0 atom stereocenters. The van der Waals surface area contributed by atoms with Crippen LogP contribution in [0, 0.1) is 0 Å². The van der Waals surface area contributed by atoms with Crippen LogP contribution in [0.25, 0.3) is 0 Å². The van der Waals surface area contributed by atoms with Crippen molar-refractivity contribution >= 4 is 23.3 Å². The molecule has 0 fully saturated rings. The van der Waals surface area contributed by atoms with E-state index in [0.29, 0.717) is 31.1 Å². The molecule has 140 valence electrons. The maximum absolute atomic E-state index is 12.3. The molecule has 0 unspecified atom stereocenters. The summed E-state index contributed by atoms with van der Waals surface area (Å²) in [6.07, 6.45) is 1.70. The summed E-state index contributed by atoms with van der Waals surface area (Å²) in [7, 11) is 0. The van der Waals surface area contributed by atoms with Gasteiger partial charge in [0.05, 0.1) is 13.2 Å². The zero-order chi connectivity index (χ0) is 18.8. The van der Waals surface area contributed by atoms with Gasteiger partial charge in [-0.1, -0.05) is 0 Å². The summed E-state index contributed by atoms with van der Waals surface area (Å²) >= 11 is 0. The fourth-order valence-electron chi connectivity index (χ4n) is 3.46. The van der Waals surface area contributed by atoms with Gasteiger partial charge in [-0.25, -0.2) is 4.79 Å². The summed E-state index contributed by atoms with van der Waals surface area (Å²) < 4.78 is 11.5. The van der Waals surface area contributed by atoms with Gasteiger partial charge in [-0.05, 0) is 30.3 Å². The van der Waals surface area contributed by atoms with Crippen LogP contribution >= 0.6 is 0 Å². The van der Waals surface area contributed by atoms with E-state index in [1.165, 1.54) is 6.92 Å². The summed E-state index contributed by atoms with van der Waals surface area (Å²) in [4.78, 5) is 23.3. The summed E-state index contributed by atoms with van der Waals surface area (Å²) in [5, 5.41) is 8.38. The Kier molecular flexibility index (Phi) is 4.58. The number of carbonyl (C=O) groups is 2. The second kappa shape index (κ2) is 7.19. The van der Waals surface area contributed by atoms with E-state index in [4.69, 9.17) is 9.47 Å². The number of ether oxygens (including phenoxy) is 2. The molecule has 0 aromatic heterocycles. The molecule has 2 heterocycles. The molecular formula is C20H21N3O4. The lowest BCUT2D eigenvalue weighted by Crippen LogP contribution is -2.28. The Morgan fingerprint density at radius 2 is 1.70 bits per heavy atom. The van der Waals surface area contributed by atoms with Crippen LogP contribution in [0.5, 0.6) is 11.5 Å². The lowest BCUT2D eigenvalue weighted by Gasteiger charge is -2.14. The number of urea groups is 1. The van der Waals surface area contributed by atoms with Crippen molar-refractivity contribution < 1.29 is 19.1 Å². The number of carbonyl (C=O) groups excluding carboxylic acids is 2. The second-order valence-electron chi connectivity index (χ2n) is 6.58. The zero-order valence-corrected chi connectivity index (χ0v) is 15.1. The Morgan fingerprint density at radius 3 is 2.44 bits per heavy atom. The van der Waals surface area contributed by atoms with E-state index < -0.39 is 0 Å². The summed E-state index contributed by atoms with van der Waals surface area (Å²) in [5.74, 6) is 1.66. The number of nitrogens with one attached hydrogen (secondary N) is 3. The Morgan fingerprint density at radius 1 is 1.00 bits per heavy atom. The number of anilines is 2. The molecule has 2 aliphatic heterocycles. The minimum atomic E-state index is -0.300. The molecule has 2 aliphatic rings. The van der Waals surface area contributed by atoms with Gasteiger partial charge in [-0.15, -0.1) is 0 Å². The van der Waals surface area contributed by atoms with E-state index in [1.807, 2.05) is 0 Å². The predicted molar refractivity (Wildman–Crippen MR) is 101 cm³/mol. The number of hydrogen-bond acceptors (Lipinski definition) is 4. The number of hydrogen-bond donors (Lipinski definition) is 3. The van der Waals surface area contributed by atoms with Crippen LogP contribution in [0.4, 0.5) is 16.2 Å². The van der Waals surface area contributed by atoms with E-state index in [-0.39, 0.29) is 11.9 Å². The van der Waals surface area contributed by atoms with E-state index >= 15 is 0 Å². The minimum absolute atomic E-state index is 0.137. The van der Waals surface area contributed by atoms with Gasteiger partial charge in [0.15, 0.2) is 0 Å². The molecule has 0 saturated heterocycles. The number of rotatable bonds is 4. The van der Waals surface area contributed by atoms with Crippen molar-refractivity contribution in [3.63, 3.8) is 0 Å². The highest BCUT2D eigenvalue weighted by atomic mass is 16.5. The van der Waals surface area contributed by atoms with Crippen LogP contribution < -0.4 is 25.4 Å². The van der Waals surface area contributed by atoms with E-state index in [2.05, 4.69) is 22.0 Å². The largest absolute Gasteiger partial charge is 0.493 e. The van der Waals surface area contributed by atoms with E-state index in [0.717, 1.165) is 41.0 Å². The average molecular weight is 367 g/mol. The Bertz CT molecular complexity index is 861. The van der Waals surface area contributed by atoms with Gasteiger partial charge >= 0.3 is 6.03 Å². The molecule has 3 N–H and O–H groups in total. The Balaban J connectivity index is 1.41. The maximum atomic E-state index is 12.3. The first-order chi connectivity index (χ1) is 13.1. The van der Waals surface area contributed by atoms with Crippen molar-refractivity contribution in [2.24, 2.45) is 0 Å². The van der Waals surface area contributed by atoms with Crippen LogP contribution in [0.15, 0.2) is 30.3 Å². The van der Waals surface area contributed by atoms with Gasteiger partial charge < -0.3 is 25.4 Å². The van der Waals surface area contributed by atoms with Crippen molar-refractivity contribution in [3.05, 3.63) is 47.0 Å². The quantitative estimate of drug-likeness (QED) is 0.775. The average Bonchev–Trinajstić information content (AvgIpc) is 3.28. The summed E-state index contributed by atoms with van der Waals surface area (Å²) in [5.41, 5.74) is 4.59. The van der Waals surface area contributed by atoms with Gasteiger partial charge in [0.2, 0.25) is 5.91 Å². The lowest BCUT2D eigenvalue weighted by atomic mass is 9.99. The van der Waals surface area contributed by atoms with Gasteiger partial charge in [0.25, 0.3) is 0 Å². The SMILES string of the molecule is CC(=O)Nc1ccc(NC(=O)NCc2c3c(cc4c2OCC4)OCC3)cc1. The first-order valence-corrected chi connectivity index (χ1v) is 8.96. The number of amides is 3. The third kappa shape index (κ3) is 3.67. The summed E-state index contributed by atoms with van der Waals surface area (Å²) in [6.45, 7) is 3.16. The van der Waals surface area contributed by atoms with Crippen molar-refractivity contribution in [3.8, 4) is 11.5 Å². The van der Waals surface area contributed by atoms with Crippen molar-refractivity contribution in [2.75, 3.05) is 23.8 Å². The molecule has 0 bridgehead atoms. The van der Waals surface area contributed by atoms with E-state index in [1.54, 1.807) is 24.3 Å². The standard InChI is InChI=1S/C20H21N3O4/c1-12(24)22-14-2-4-15(5-3-14)23-20(25)21-11-17-16-7-9-26-18(16)10-13-6-8-27-19(13)17/h2-5,10H,6-9,11H2,1H3,(H,22,24)(H2,21,23,25). The lowest BCUT2D eigenvalue weighted by molar-refractivity contribution is -0.114. The summed E-state index contributed by atoms with van der Waals surface area (Å²) in [6, 6.07) is 8.70. The molecule has 2 aromatic carbocycles. The van der Waals surface area contributed by atoms with Gasteiger partial charge in [-0.3, -0.25) is 4.79 Å². The molecular weight excluding hydrogens is 346 g/mol. The van der Waals surface area contributed by atoms with Crippen LogP contribution in [0.1, 0.15) is 23.6 Å². The number of benzene rings is 2. The molecule has 0 radical (unpaired) electrons. The first-order valence-electron chi connectivity index (χ1n) is 8.96. The third-order valence-electron chi connectivity index (χ3n) is 4.65. The van der Waals surface area contributed by atoms with Crippen molar-refractivity contribution in [1.82, 2.24) is 5.32 Å². The molecule has 0 spiro atoms. The van der Waals surface area contributed by atoms with Gasteiger partial charge in [0.1, 0.15) is 11.5 Å². The Hall–Kier alpha value is -3.22. The molecule has 7 nitrogen and oxygen atoms in total. The smallest absolute Gasteiger partial charge is 0.319 e. The number of fused-ring (bicyclic) bond motifs is 2. The van der Waals surface area contributed by atoms with Crippen LogP contribution in [-0.2, 0) is 24.2 Å². The van der Waals surface area contributed by atoms with Crippen LogP contribution in [-0.4, -0.2) is 25.2 Å². The highest BCUT2D eigenvalue weighted by Gasteiger charge is 2.26. The van der Waals surface area contributed by atoms with Crippen LogP contribution in [0.3, 0.4) is 0 Å². The molecule has 3 amide bonds. The minimum Gasteiger partial charge on any atom is -0.493 e. The predicted octanol–water partition coefficient (Wildman–Crippen LogP) is 2.84. The molecule has 27 heavy (non-hydrogen) atoms. The molecule has 7 heteroatoms. The fourth-order valence-corrected chi connectivity index (χ4v) is 3.46. The zero-order valence-electron chi connectivity index (χ0n) is 15.1. The maximum Gasteiger partial charge on any atom is 0.319 e. The third-order valence-corrected chi connectivity index (χ3v) is 4.65. The highest BCUT2D eigenvalue weighted by molar-refractivity contribution is 5.91. The molecule has 4 rings (SSSR count). The Labute approximate surface area is 157 Å². The second-order valence-corrected chi connectivity index (χ2v) is 6.58. The van der Waals surface area contributed by atoms with E-state index in [9.17, 15) is 9.59 Å². The molecule has 0 saturated carbocycles. The van der Waals surface area contributed by atoms with Gasteiger partial charge in [-0.2, -0.15) is 0 Å². The first kappa shape index (κ1) is 17.2. The monoisotopic (exact) mass is 367 g/mol. The van der Waals surface area contributed by atoms with Crippen molar-refractivity contribution in [2.45, 2.75) is 26.3 Å². The van der Waals surface area contributed by atoms with Crippen LogP contribution in [0.2, 0.25) is 0 Å². The van der Waals surface area contributed by atoms with Gasteiger partial charge in [0, 0.05) is 54.4 Å². The molecule has 0 aliphatic carbocycles. The topological polar surface area (TPSA) is 88.7 Å². The molecule has 2 aromatic rings. The van der Waals surface area contributed by atoms with Crippen molar-refractivity contribution in [1.29, 1.82) is 0 Å². The highest BCUT2D eigenvalue weighted by Crippen LogP contribution is 2.40.